The van der Waals surface area contributed by atoms with E-state index in [1.54, 1.807) is 25.1 Å². The summed E-state index contributed by atoms with van der Waals surface area (Å²) in [7, 11) is -1.23. The fourth-order valence-corrected chi connectivity index (χ4v) is 3.64. The highest BCUT2D eigenvalue weighted by Crippen LogP contribution is 2.25. The van der Waals surface area contributed by atoms with Crippen molar-refractivity contribution in [3.8, 4) is 0 Å². The van der Waals surface area contributed by atoms with Crippen LogP contribution in [-0.2, 0) is 10.0 Å². The van der Waals surface area contributed by atoms with Crippen LogP contribution in [0, 0.1) is 5.92 Å². The van der Waals surface area contributed by atoms with Crippen LogP contribution in [0.3, 0.4) is 0 Å². The molecule has 0 aromatic heterocycles. The second-order valence-electron chi connectivity index (χ2n) is 5.54. The Bertz CT molecular complexity index is 317. The molecule has 16 heavy (non-hydrogen) atoms. The third kappa shape index (κ3) is 2.96. The molecule has 1 fully saturated rings. The van der Waals surface area contributed by atoms with Gasteiger partial charge in [0.05, 0.1) is 4.75 Å². The molecule has 0 bridgehead atoms. The minimum absolute atomic E-state index is 0.455. The molecule has 1 heterocycles. The summed E-state index contributed by atoms with van der Waals surface area (Å²) in [4.78, 5) is 0. The summed E-state index contributed by atoms with van der Waals surface area (Å²) in [5.41, 5.74) is 0. The summed E-state index contributed by atoms with van der Waals surface area (Å²) in [5, 5.41) is 3.13. The van der Waals surface area contributed by atoms with Crippen LogP contribution in [-0.4, -0.2) is 44.2 Å². The normalized spacial score (nSPS) is 24.6. The Kier molecular flexibility index (Phi) is 4.37. The van der Waals surface area contributed by atoms with Crippen molar-refractivity contribution < 1.29 is 8.42 Å². The highest BCUT2D eigenvalue weighted by atomic mass is 32.2. The van der Waals surface area contributed by atoms with Gasteiger partial charge in [-0.1, -0.05) is 0 Å². The van der Waals surface area contributed by atoms with Crippen LogP contribution in [0.25, 0.3) is 0 Å². The van der Waals surface area contributed by atoms with E-state index in [4.69, 9.17) is 0 Å². The van der Waals surface area contributed by atoms with Gasteiger partial charge in [0.15, 0.2) is 0 Å². The molecule has 1 aliphatic heterocycles. The predicted molar refractivity (Wildman–Crippen MR) is 66.9 cm³/mol. The van der Waals surface area contributed by atoms with Gasteiger partial charge in [0.1, 0.15) is 0 Å². The lowest BCUT2D eigenvalue weighted by Crippen LogP contribution is -2.48. The fraction of sp³-hybridized carbons (Fsp3) is 1.00. The maximum Gasteiger partial charge on any atom is 0.219 e. The van der Waals surface area contributed by atoms with E-state index in [1.165, 1.54) is 0 Å². The van der Waals surface area contributed by atoms with Gasteiger partial charge in [-0.2, -0.15) is 0 Å². The Balaban J connectivity index is 2.74. The average Bonchev–Trinajstić information content (AvgIpc) is 2.17. The number of hydrogen-bond donors (Lipinski definition) is 1. The van der Waals surface area contributed by atoms with Gasteiger partial charge in [-0.15, -0.1) is 0 Å². The van der Waals surface area contributed by atoms with Crippen LogP contribution in [0.15, 0.2) is 0 Å². The Morgan fingerprint density at radius 2 is 2.00 bits per heavy atom. The van der Waals surface area contributed by atoms with E-state index >= 15 is 0 Å². The molecule has 4 nitrogen and oxygen atoms in total. The Hall–Kier alpha value is -0.130. The quantitative estimate of drug-likeness (QED) is 0.812. The van der Waals surface area contributed by atoms with Crippen molar-refractivity contribution in [1.29, 1.82) is 0 Å². The van der Waals surface area contributed by atoms with Crippen molar-refractivity contribution in [2.75, 3.05) is 26.7 Å². The van der Waals surface area contributed by atoms with Crippen molar-refractivity contribution in [1.82, 2.24) is 9.62 Å². The van der Waals surface area contributed by atoms with Gasteiger partial charge in [0.25, 0.3) is 0 Å². The Morgan fingerprint density at radius 1 is 1.38 bits per heavy atom. The molecule has 96 valence electrons. The maximum absolute atomic E-state index is 12.3. The van der Waals surface area contributed by atoms with Crippen LogP contribution in [0.4, 0.5) is 0 Å². The van der Waals surface area contributed by atoms with Gasteiger partial charge < -0.3 is 5.32 Å². The van der Waals surface area contributed by atoms with Crippen LogP contribution in [0.1, 0.15) is 33.6 Å². The Labute approximate surface area is 99.5 Å². The third-order valence-corrected chi connectivity index (χ3v) is 5.65. The molecule has 1 aliphatic rings. The zero-order valence-corrected chi connectivity index (χ0v) is 11.6. The van der Waals surface area contributed by atoms with E-state index in [-0.39, 0.29) is 0 Å². The first-order chi connectivity index (χ1) is 7.29. The molecule has 5 heteroatoms. The van der Waals surface area contributed by atoms with E-state index in [0.29, 0.717) is 19.0 Å². The van der Waals surface area contributed by atoms with Crippen molar-refractivity contribution >= 4 is 10.0 Å². The highest BCUT2D eigenvalue weighted by molar-refractivity contribution is 7.90. The van der Waals surface area contributed by atoms with Gasteiger partial charge in [-0.05, 0) is 53.1 Å². The molecule has 0 saturated carbocycles. The van der Waals surface area contributed by atoms with Crippen molar-refractivity contribution in [3.05, 3.63) is 0 Å². The molecule has 0 amide bonds. The second-order valence-corrected chi connectivity index (χ2v) is 8.23. The standard InChI is InChI=1S/C11H24N2O2S/c1-11(2,3)16(14,15)13-7-5-6-10(9-13)8-12-4/h10,12H,5-9H2,1-4H3. The lowest BCUT2D eigenvalue weighted by Gasteiger charge is -2.36. The van der Waals surface area contributed by atoms with Gasteiger partial charge in [0.2, 0.25) is 10.0 Å². The lowest BCUT2D eigenvalue weighted by molar-refractivity contribution is 0.258. The van der Waals surface area contributed by atoms with E-state index in [0.717, 1.165) is 19.4 Å². The number of rotatable bonds is 3. The van der Waals surface area contributed by atoms with Gasteiger partial charge in [-0.25, -0.2) is 12.7 Å². The number of nitrogens with zero attached hydrogens (tertiary/aromatic N) is 1. The smallest absolute Gasteiger partial charge is 0.219 e. The predicted octanol–water partition coefficient (Wildman–Crippen LogP) is 1.05. The van der Waals surface area contributed by atoms with E-state index in [2.05, 4.69) is 5.32 Å². The summed E-state index contributed by atoms with van der Waals surface area (Å²) in [6.45, 7) is 7.55. The zero-order chi connectivity index (χ0) is 12.4. The zero-order valence-electron chi connectivity index (χ0n) is 10.8. The summed E-state index contributed by atoms with van der Waals surface area (Å²) < 4.78 is 25.5. The molecular weight excluding hydrogens is 224 g/mol. The summed E-state index contributed by atoms with van der Waals surface area (Å²) >= 11 is 0. The number of nitrogens with one attached hydrogen (secondary N) is 1. The molecule has 1 rings (SSSR count). The first-order valence-electron chi connectivity index (χ1n) is 5.93. The number of sulfonamides is 1. The average molecular weight is 248 g/mol. The summed E-state index contributed by atoms with van der Waals surface area (Å²) in [5.74, 6) is 0.455. The highest BCUT2D eigenvalue weighted by Gasteiger charge is 2.37. The van der Waals surface area contributed by atoms with Crippen molar-refractivity contribution in [2.24, 2.45) is 5.92 Å². The molecule has 0 aromatic rings. The van der Waals surface area contributed by atoms with Gasteiger partial charge in [0, 0.05) is 13.1 Å². The second kappa shape index (κ2) is 5.02. The third-order valence-electron chi connectivity index (χ3n) is 3.09. The number of piperidine rings is 1. The maximum atomic E-state index is 12.3. The van der Waals surface area contributed by atoms with E-state index < -0.39 is 14.8 Å². The van der Waals surface area contributed by atoms with E-state index in [9.17, 15) is 8.42 Å². The van der Waals surface area contributed by atoms with Gasteiger partial charge in [-0.3, -0.25) is 0 Å². The minimum Gasteiger partial charge on any atom is -0.319 e. The monoisotopic (exact) mass is 248 g/mol. The summed E-state index contributed by atoms with van der Waals surface area (Å²) in [6, 6.07) is 0. The first-order valence-corrected chi connectivity index (χ1v) is 7.37. The first kappa shape index (κ1) is 13.9. The Morgan fingerprint density at radius 3 is 2.50 bits per heavy atom. The molecule has 0 radical (unpaired) electrons. The molecule has 1 atom stereocenters. The van der Waals surface area contributed by atoms with Crippen molar-refractivity contribution in [3.63, 3.8) is 0 Å². The topological polar surface area (TPSA) is 49.4 Å². The van der Waals surface area contributed by atoms with E-state index in [1.807, 2.05) is 7.05 Å². The largest absolute Gasteiger partial charge is 0.319 e. The lowest BCUT2D eigenvalue weighted by atomic mass is 10.00. The molecule has 1 saturated heterocycles. The molecule has 1 unspecified atom stereocenters. The molecule has 0 spiro atoms. The molecule has 1 N–H and O–H groups in total. The van der Waals surface area contributed by atoms with Crippen LogP contribution >= 0.6 is 0 Å². The van der Waals surface area contributed by atoms with Gasteiger partial charge >= 0.3 is 0 Å². The van der Waals surface area contributed by atoms with Crippen LogP contribution in [0.5, 0.6) is 0 Å². The van der Waals surface area contributed by atoms with Crippen LogP contribution in [0.2, 0.25) is 0 Å². The molecule has 0 aromatic carbocycles. The van der Waals surface area contributed by atoms with Crippen molar-refractivity contribution in [2.45, 2.75) is 38.4 Å². The van der Waals surface area contributed by atoms with Crippen LogP contribution < -0.4 is 5.32 Å². The molecular formula is C11H24N2O2S. The number of hydrogen-bond acceptors (Lipinski definition) is 3. The fourth-order valence-electron chi connectivity index (χ4n) is 2.09. The summed E-state index contributed by atoms with van der Waals surface area (Å²) in [6.07, 6.45) is 2.10. The minimum atomic E-state index is -3.15. The molecule has 0 aliphatic carbocycles. The SMILES string of the molecule is CNCC1CCCN(S(=O)(=O)C(C)(C)C)C1.